The molecule has 0 bridgehead atoms. The maximum absolute atomic E-state index is 11.7. The molecule has 0 saturated carbocycles. The largest absolute Gasteiger partial charge is 0.467 e. The predicted octanol–water partition coefficient (Wildman–Crippen LogP) is 1.16. The van der Waals surface area contributed by atoms with E-state index in [4.69, 9.17) is 4.74 Å². The molecule has 1 fully saturated rings. The lowest BCUT2D eigenvalue weighted by atomic mass is 9.90. The van der Waals surface area contributed by atoms with Crippen LogP contribution in [0.15, 0.2) is 12.7 Å². The fraction of sp³-hybridized carbons (Fsp3) is 0.636. The molecule has 0 aliphatic carbocycles. The first-order chi connectivity index (χ1) is 7.14. The van der Waals surface area contributed by atoms with Crippen molar-refractivity contribution in [3.63, 3.8) is 0 Å². The number of amides is 1. The summed E-state index contributed by atoms with van der Waals surface area (Å²) in [5.41, 5.74) is -0.885. The van der Waals surface area contributed by atoms with Gasteiger partial charge in [-0.3, -0.25) is 4.79 Å². The van der Waals surface area contributed by atoms with Crippen molar-refractivity contribution in [1.29, 1.82) is 0 Å². The molecule has 1 aliphatic rings. The van der Waals surface area contributed by atoms with Gasteiger partial charge in [-0.25, -0.2) is 4.79 Å². The summed E-state index contributed by atoms with van der Waals surface area (Å²) in [5, 5.41) is 2.76. The van der Waals surface area contributed by atoms with E-state index in [9.17, 15) is 9.59 Å². The van der Waals surface area contributed by atoms with E-state index in [0.717, 1.165) is 12.8 Å². The fourth-order valence-electron chi connectivity index (χ4n) is 1.94. The van der Waals surface area contributed by atoms with Crippen LogP contribution in [0, 0.1) is 0 Å². The number of rotatable bonds is 3. The van der Waals surface area contributed by atoms with Crippen LogP contribution in [0.4, 0.5) is 0 Å². The second kappa shape index (κ2) is 4.96. The van der Waals surface area contributed by atoms with Crippen molar-refractivity contribution in [3.8, 4) is 0 Å². The zero-order chi connectivity index (χ0) is 11.3. The third-order valence-corrected chi connectivity index (χ3v) is 2.71. The van der Waals surface area contributed by atoms with Crippen molar-refractivity contribution in [2.24, 2.45) is 0 Å². The third kappa shape index (κ3) is 2.58. The van der Waals surface area contributed by atoms with Gasteiger partial charge in [-0.2, -0.15) is 0 Å². The summed E-state index contributed by atoms with van der Waals surface area (Å²) >= 11 is 0. The van der Waals surface area contributed by atoms with Crippen LogP contribution in [0.5, 0.6) is 0 Å². The summed E-state index contributed by atoms with van der Waals surface area (Å²) in [7, 11) is 1.34. The smallest absolute Gasteiger partial charge is 0.331 e. The number of esters is 1. The SMILES string of the molecule is C=CCC1(C(=O)OC)CCCCC(=O)N1. The van der Waals surface area contributed by atoms with Crippen molar-refractivity contribution in [1.82, 2.24) is 5.32 Å². The van der Waals surface area contributed by atoms with E-state index in [1.807, 2.05) is 0 Å². The van der Waals surface area contributed by atoms with Gasteiger partial charge in [-0.05, 0) is 25.7 Å². The Bertz CT molecular complexity index is 275. The zero-order valence-electron chi connectivity index (χ0n) is 9.04. The molecule has 1 heterocycles. The molecular weight excluding hydrogens is 194 g/mol. The van der Waals surface area contributed by atoms with Gasteiger partial charge in [-0.1, -0.05) is 6.08 Å². The van der Waals surface area contributed by atoms with Crippen LogP contribution in [0.1, 0.15) is 32.1 Å². The summed E-state index contributed by atoms with van der Waals surface area (Å²) in [6.45, 7) is 3.61. The van der Waals surface area contributed by atoms with Gasteiger partial charge in [-0.15, -0.1) is 6.58 Å². The minimum atomic E-state index is -0.885. The Morgan fingerprint density at radius 3 is 3.00 bits per heavy atom. The summed E-state index contributed by atoms with van der Waals surface area (Å²) in [6.07, 6.45) is 4.84. The minimum Gasteiger partial charge on any atom is -0.467 e. The Morgan fingerprint density at radius 1 is 1.67 bits per heavy atom. The average molecular weight is 211 g/mol. The molecule has 1 N–H and O–H groups in total. The lowest BCUT2D eigenvalue weighted by molar-refractivity contribution is -0.150. The summed E-state index contributed by atoms with van der Waals surface area (Å²) in [5.74, 6) is -0.461. The van der Waals surface area contributed by atoms with Gasteiger partial charge in [0.15, 0.2) is 0 Å². The zero-order valence-corrected chi connectivity index (χ0v) is 9.04. The monoisotopic (exact) mass is 211 g/mol. The Hall–Kier alpha value is -1.32. The van der Waals surface area contributed by atoms with Gasteiger partial charge in [0.1, 0.15) is 5.54 Å². The molecule has 1 atom stereocenters. The fourth-order valence-corrected chi connectivity index (χ4v) is 1.94. The number of methoxy groups -OCH3 is 1. The molecule has 84 valence electrons. The van der Waals surface area contributed by atoms with Gasteiger partial charge in [0, 0.05) is 6.42 Å². The molecule has 1 aliphatic heterocycles. The summed E-state index contributed by atoms with van der Waals surface area (Å²) in [6, 6.07) is 0. The molecule has 4 nitrogen and oxygen atoms in total. The normalized spacial score (nSPS) is 26.3. The Kier molecular flexibility index (Phi) is 3.88. The van der Waals surface area contributed by atoms with Crippen LogP contribution in [-0.4, -0.2) is 24.5 Å². The number of hydrogen-bond donors (Lipinski definition) is 1. The highest BCUT2D eigenvalue weighted by molar-refractivity contribution is 5.88. The molecular formula is C11H17NO3. The Labute approximate surface area is 89.7 Å². The van der Waals surface area contributed by atoms with Crippen LogP contribution in [0.25, 0.3) is 0 Å². The molecule has 1 rings (SSSR count). The second-order valence-corrected chi connectivity index (χ2v) is 3.82. The van der Waals surface area contributed by atoms with Crippen LogP contribution in [0.3, 0.4) is 0 Å². The summed E-state index contributed by atoms with van der Waals surface area (Å²) < 4.78 is 4.75. The van der Waals surface area contributed by atoms with Gasteiger partial charge < -0.3 is 10.1 Å². The van der Waals surface area contributed by atoms with Crippen molar-refractivity contribution in [3.05, 3.63) is 12.7 Å². The number of ether oxygens (including phenoxy) is 1. The molecule has 1 amide bonds. The molecule has 1 saturated heterocycles. The topological polar surface area (TPSA) is 55.4 Å². The predicted molar refractivity (Wildman–Crippen MR) is 56.2 cm³/mol. The van der Waals surface area contributed by atoms with E-state index < -0.39 is 5.54 Å². The van der Waals surface area contributed by atoms with Crippen LogP contribution in [-0.2, 0) is 14.3 Å². The van der Waals surface area contributed by atoms with Crippen molar-refractivity contribution in [2.45, 2.75) is 37.6 Å². The Balaban J connectivity index is 2.90. The van der Waals surface area contributed by atoms with Crippen LogP contribution < -0.4 is 5.32 Å². The standard InChI is InChI=1S/C11H17NO3/c1-3-7-11(10(14)15-2)8-5-4-6-9(13)12-11/h3H,1,4-8H2,2H3,(H,12,13). The third-order valence-electron chi connectivity index (χ3n) is 2.71. The van der Waals surface area contributed by atoms with Crippen molar-refractivity contribution >= 4 is 11.9 Å². The van der Waals surface area contributed by atoms with Crippen molar-refractivity contribution < 1.29 is 14.3 Å². The number of carbonyl (C=O) groups is 2. The second-order valence-electron chi connectivity index (χ2n) is 3.82. The van der Waals surface area contributed by atoms with E-state index >= 15 is 0 Å². The molecule has 15 heavy (non-hydrogen) atoms. The number of hydrogen-bond acceptors (Lipinski definition) is 3. The number of nitrogens with one attached hydrogen (secondary N) is 1. The maximum atomic E-state index is 11.7. The molecule has 4 heteroatoms. The molecule has 0 aromatic rings. The molecule has 0 spiro atoms. The molecule has 1 unspecified atom stereocenters. The number of carbonyl (C=O) groups excluding carboxylic acids is 2. The molecule has 0 aromatic heterocycles. The van der Waals surface area contributed by atoms with Crippen LogP contribution in [0.2, 0.25) is 0 Å². The van der Waals surface area contributed by atoms with E-state index in [0.29, 0.717) is 19.3 Å². The van der Waals surface area contributed by atoms with Gasteiger partial charge in [0.25, 0.3) is 0 Å². The molecule has 0 radical (unpaired) electrons. The Morgan fingerprint density at radius 2 is 2.40 bits per heavy atom. The van der Waals surface area contributed by atoms with Gasteiger partial charge in [0.2, 0.25) is 5.91 Å². The van der Waals surface area contributed by atoms with Gasteiger partial charge >= 0.3 is 5.97 Å². The maximum Gasteiger partial charge on any atom is 0.331 e. The highest BCUT2D eigenvalue weighted by Gasteiger charge is 2.40. The van der Waals surface area contributed by atoms with E-state index in [1.165, 1.54) is 7.11 Å². The van der Waals surface area contributed by atoms with E-state index in [1.54, 1.807) is 6.08 Å². The first kappa shape index (κ1) is 11.8. The van der Waals surface area contributed by atoms with Gasteiger partial charge in [0.05, 0.1) is 7.11 Å². The average Bonchev–Trinajstić information content (AvgIpc) is 2.40. The first-order valence-electron chi connectivity index (χ1n) is 5.15. The quantitative estimate of drug-likeness (QED) is 0.563. The van der Waals surface area contributed by atoms with E-state index in [2.05, 4.69) is 11.9 Å². The summed E-state index contributed by atoms with van der Waals surface area (Å²) in [4.78, 5) is 23.1. The minimum absolute atomic E-state index is 0.0836. The highest BCUT2D eigenvalue weighted by atomic mass is 16.5. The van der Waals surface area contributed by atoms with Crippen LogP contribution >= 0.6 is 0 Å². The molecule has 0 aromatic carbocycles. The van der Waals surface area contributed by atoms with Crippen molar-refractivity contribution in [2.75, 3.05) is 7.11 Å². The van der Waals surface area contributed by atoms with E-state index in [-0.39, 0.29) is 11.9 Å². The lowest BCUT2D eigenvalue weighted by Gasteiger charge is -2.29. The highest BCUT2D eigenvalue weighted by Crippen LogP contribution is 2.24. The lowest BCUT2D eigenvalue weighted by Crippen LogP contribution is -2.53. The first-order valence-corrected chi connectivity index (χ1v) is 5.15.